The Morgan fingerprint density at radius 3 is 2.14 bits per heavy atom. The van der Waals surface area contributed by atoms with Crippen molar-refractivity contribution < 1.29 is 28.5 Å². The average molecular weight is 419 g/mol. The fourth-order valence-corrected chi connectivity index (χ4v) is 2.23. The van der Waals surface area contributed by atoms with Crippen LogP contribution in [-0.2, 0) is 28.5 Å². The van der Waals surface area contributed by atoms with Crippen LogP contribution in [0.4, 0.5) is 0 Å². The lowest BCUT2D eigenvalue weighted by Crippen LogP contribution is -2.39. The number of ether oxygens (including phenoxy) is 4. The first-order valence-corrected chi connectivity index (χ1v) is 10.5. The largest absolute Gasteiger partial charge is 0.377 e. The summed E-state index contributed by atoms with van der Waals surface area (Å²) in [6.45, 7) is 12.8. The fraction of sp³-hybridized carbons (Fsp3) is 0.905. The molecule has 0 spiro atoms. The van der Waals surface area contributed by atoms with Gasteiger partial charge in [0.1, 0.15) is 13.2 Å². The monoisotopic (exact) mass is 418 g/mol. The number of Topliss-reactive ketones (excluding diaryl/α,β-unsaturated/α-hetero) is 1. The first-order valence-electron chi connectivity index (χ1n) is 10.5. The fourth-order valence-electron chi connectivity index (χ4n) is 2.23. The van der Waals surface area contributed by atoms with E-state index in [-0.39, 0.29) is 36.0 Å². The first kappa shape index (κ1) is 27.9. The average Bonchev–Trinajstić information content (AvgIpc) is 2.67. The zero-order valence-corrected chi connectivity index (χ0v) is 19.2. The lowest BCUT2D eigenvalue weighted by molar-refractivity contribution is -0.127. The lowest BCUT2D eigenvalue weighted by Gasteiger charge is -2.31. The van der Waals surface area contributed by atoms with Crippen molar-refractivity contribution in [2.75, 3.05) is 59.8 Å². The molecule has 2 N–H and O–H groups in total. The SMILES string of the molecule is CCC(C)(CCOCC(=O)NCCOCCOCC(C)=O)OCCC(C)(C)NC. The van der Waals surface area contributed by atoms with E-state index in [1.165, 1.54) is 6.92 Å². The van der Waals surface area contributed by atoms with Crippen LogP contribution >= 0.6 is 0 Å². The van der Waals surface area contributed by atoms with Gasteiger partial charge in [-0.25, -0.2) is 0 Å². The van der Waals surface area contributed by atoms with Crippen molar-refractivity contribution >= 4 is 11.7 Å². The van der Waals surface area contributed by atoms with Gasteiger partial charge in [-0.15, -0.1) is 0 Å². The van der Waals surface area contributed by atoms with Crippen LogP contribution in [0.3, 0.4) is 0 Å². The van der Waals surface area contributed by atoms with Gasteiger partial charge in [0.05, 0.1) is 25.4 Å². The highest BCUT2D eigenvalue weighted by atomic mass is 16.5. The van der Waals surface area contributed by atoms with Gasteiger partial charge in [-0.3, -0.25) is 9.59 Å². The molecule has 172 valence electrons. The van der Waals surface area contributed by atoms with E-state index in [0.29, 0.717) is 39.6 Å². The molecule has 0 aliphatic carbocycles. The number of nitrogens with one attached hydrogen (secondary N) is 2. The van der Waals surface area contributed by atoms with Crippen molar-refractivity contribution in [3.8, 4) is 0 Å². The molecule has 1 unspecified atom stereocenters. The van der Waals surface area contributed by atoms with Crippen molar-refractivity contribution in [2.45, 2.75) is 65.0 Å². The zero-order valence-electron chi connectivity index (χ0n) is 19.2. The van der Waals surface area contributed by atoms with Crippen LogP contribution in [-0.4, -0.2) is 82.7 Å². The molecule has 0 saturated heterocycles. The Kier molecular flexibility index (Phi) is 15.2. The van der Waals surface area contributed by atoms with Gasteiger partial charge in [-0.05, 0) is 54.0 Å². The van der Waals surface area contributed by atoms with Gasteiger partial charge < -0.3 is 29.6 Å². The number of amides is 1. The van der Waals surface area contributed by atoms with E-state index in [2.05, 4.69) is 38.3 Å². The van der Waals surface area contributed by atoms with Crippen molar-refractivity contribution in [3.63, 3.8) is 0 Å². The van der Waals surface area contributed by atoms with Crippen LogP contribution in [0.5, 0.6) is 0 Å². The lowest BCUT2D eigenvalue weighted by atomic mass is 9.98. The highest BCUT2D eigenvalue weighted by Gasteiger charge is 2.24. The van der Waals surface area contributed by atoms with Crippen molar-refractivity contribution in [1.29, 1.82) is 0 Å². The maximum absolute atomic E-state index is 11.8. The Morgan fingerprint density at radius 1 is 0.862 bits per heavy atom. The highest BCUT2D eigenvalue weighted by molar-refractivity contribution is 5.77. The number of carbonyl (C=O) groups is 2. The molecule has 0 fully saturated rings. The van der Waals surface area contributed by atoms with Crippen LogP contribution < -0.4 is 10.6 Å². The summed E-state index contributed by atoms with van der Waals surface area (Å²) in [7, 11) is 1.95. The van der Waals surface area contributed by atoms with Crippen molar-refractivity contribution in [2.24, 2.45) is 0 Å². The smallest absolute Gasteiger partial charge is 0.246 e. The summed E-state index contributed by atoms with van der Waals surface area (Å²) in [5, 5.41) is 6.01. The molecule has 8 heteroatoms. The molecule has 0 bridgehead atoms. The molecule has 1 amide bonds. The highest BCUT2D eigenvalue weighted by Crippen LogP contribution is 2.21. The molecule has 1 atom stereocenters. The summed E-state index contributed by atoms with van der Waals surface area (Å²) < 4.78 is 22.0. The second kappa shape index (κ2) is 15.7. The maximum Gasteiger partial charge on any atom is 0.246 e. The number of ketones is 1. The van der Waals surface area contributed by atoms with Crippen LogP contribution in [0.25, 0.3) is 0 Å². The molecule has 0 aromatic carbocycles. The summed E-state index contributed by atoms with van der Waals surface area (Å²) in [4.78, 5) is 22.5. The standard InChI is InChI=1S/C21H42N2O6/c1-7-21(5,29-12-8-20(3,4)22-6)9-11-27-17-19(25)23-10-13-26-14-15-28-16-18(2)24/h22H,7-17H2,1-6H3,(H,23,25). The molecule has 29 heavy (non-hydrogen) atoms. The van der Waals surface area contributed by atoms with E-state index >= 15 is 0 Å². The first-order chi connectivity index (χ1) is 13.6. The summed E-state index contributed by atoms with van der Waals surface area (Å²) in [5.41, 5.74) is -0.201. The molecule has 0 saturated carbocycles. The normalized spacial score (nSPS) is 13.9. The topological polar surface area (TPSA) is 95.1 Å². The van der Waals surface area contributed by atoms with E-state index in [4.69, 9.17) is 18.9 Å². The molecule has 0 aliphatic rings. The Balaban J connectivity index is 3.74. The summed E-state index contributed by atoms with van der Waals surface area (Å²) in [6.07, 6.45) is 2.55. The summed E-state index contributed by atoms with van der Waals surface area (Å²) in [6, 6.07) is 0. The van der Waals surface area contributed by atoms with Crippen LogP contribution in [0, 0.1) is 0 Å². The van der Waals surface area contributed by atoms with E-state index in [0.717, 1.165) is 19.3 Å². The van der Waals surface area contributed by atoms with E-state index in [9.17, 15) is 9.59 Å². The zero-order chi connectivity index (χ0) is 22.2. The molecule has 0 radical (unpaired) electrons. The van der Waals surface area contributed by atoms with Crippen LogP contribution in [0.1, 0.15) is 53.9 Å². The van der Waals surface area contributed by atoms with Crippen molar-refractivity contribution in [1.82, 2.24) is 10.6 Å². The molecular formula is C21H42N2O6. The van der Waals surface area contributed by atoms with Crippen LogP contribution in [0.2, 0.25) is 0 Å². The predicted molar refractivity (Wildman–Crippen MR) is 113 cm³/mol. The van der Waals surface area contributed by atoms with Gasteiger partial charge in [-0.1, -0.05) is 6.92 Å². The number of carbonyl (C=O) groups excluding carboxylic acids is 2. The Labute approximate surface area is 176 Å². The molecule has 0 rings (SSSR count). The minimum absolute atomic E-state index is 0.0131. The second-order valence-corrected chi connectivity index (χ2v) is 8.06. The minimum Gasteiger partial charge on any atom is -0.377 e. The minimum atomic E-state index is -0.251. The number of hydrogen-bond donors (Lipinski definition) is 2. The van der Waals surface area contributed by atoms with Gasteiger partial charge in [0.25, 0.3) is 0 Å². The Hall–Kier alpha value is -1.06. The van der Waals surface area contributed by atoms with Gasteiger partial charge in [0.2, 0.25) is 5.91 Å². The van der Waals surface area contributed by atoms with Crippen molar-refractivity contribution in [3.05, 3.63) is 0 Å². The summed E-state index contributed by atoms with van der Waals surface area (Å²) in [5.74, 6) is -0.183. The maximum atomic E-state index is 11.8. The number of hydrogen-bond acceptors (Lipinski definition) is 7. The second-order valence-electron chi connectivity index (χ2n) is 8.06. The van der Waals surface area contributed by atoms with E-state index < -0.39 is 0 Å². The Bertz CT molecular complexity index is 458. The third-order valence-electron chi connectivity index (χ3n) is 4.86. The predicted octanol–water partition coefficient (Wildman–Crippen LogP) is 1.70. The quantitative estimate of drug-likeness (QED) is 0.308. The van der Waals surface area contributed by atoms with Crippen LogP contribution in [0.15, 0.2) is 0 Å². The third-order valence-corrected chi connectivity index (χ3v) is 4.86. The van der Waals surface area contributed by atoms with E-state index in [1.807, 2.05) is 7.05 Å². The molecule has 8 nitrogen and oxygen atoms in total. The molecule has 0 aliphatic heterocycles. The molecule has 0 aromatic rings. The van der Waals surface area contributed by atoms with Gasteiger partial charge in [-0.2, -0.15) is 0 Å². The third kappa shape index (κ3) is 16.4. The Morgan fingerprint density at radius 2 is 1.52 bits per heavy atom. The number of rotatable bonds is 19. The molecular weight excluding hydrogens is 376 g/mol. The molecule has 0 aromatic heterocycles. The summed E-state index contributed by atoms with van der Waals surface area (Å²) >= 11 is 0. The van der Waals surface area contributed by atoms with Gasteiger partial charge in [0, 0.05) is 25.3 Å². The molecule has 0 heterocycles. The van der Waals surface area contributed by atoms with E-state index in [1.54, 1.807) is 0 Å². The van der Waals surface area contributed by atoms with Gasteiger partial charge in [0.15, 0.2) is 5.78 Å². The van der Waals surface area contributed by atoms with Gasteiger partial charge >= 0.3 is 0 Å².